The van der Waals surface area contributed by atoms with E-state index in [0.717, 1.165) is 6.42 Å². The third kappa shape index (κ3) is 3.22. The van der Waals surface area contributed by atoms with Gasteiger partial charge in [0, 0.05) is 6.10 Å². The lowest BCUT2D eigenvalue weighted by molar-refractivity contribution is 0.00578. The van der Waals surface area contributed by atoms with E-state index < -0.39 is 7.32 Å². The minimum atomic E-state index is -0.529. The fraction of sp³-hybridized carbons (Fsp3) is 1.00. The molecule has 0 bridgehead atoms. The lowest BCUT2D eigenvalue weighted by Gasteiger charge is -2.31. The zero-order chi connectivity index (χ0) is 12.6. The Morgan fingerprint density at radius 2 is 1.44 bits per heavy atom. The predicted molar refractivity (Wildman–Crippen MR) is 66.1 cm³/mol. The second-order valence-corrected chi connectivity index (χ2v) is 6.12. The standard InChI is InChI=1S/C12H25BO3/c1-9(2)8-10(3)14-13-15-11(4,5)12(6,7)16-13/h9-10H,8H2,1-7H3. The number of hydrogen-bond acceptors (Lipinski definition) is 3. The Balaban J connectivity index is 2.48. The summed E-state index contributed by atoms with van der Waals surface area (Å²) in [4.78, 5) is 0. The van der Waals surface area contributed by atoms with E-state index in [1.165, 1.54) is 0 Å². The number of hydrogen-bond donors (Lipinski definition) is 0. The molecular weight excluding hydrogens is 203 g/mol. The van der Waals surface area contributed by atoms with Crippen LogP contribution in [0.15, 0.2) is 0 Å². The van der Waals surface area contributed by atoms with Gasteiger partial charge in [0.05, 0.1) is 11.2 Å². The van der Waals surface area contributed by atoms with E-state index in [0.29, 0.717) is 5.92 Å². The van der Waals surface area contributed by atoms with Gasteiger partial charge in [-0.1, -0.05) is 13.8 Å². The Kier molecular flexibility index (Phi) is 4.09. The predicted octanol–water partition coefficient (Wildman–Crippen LogP) is 3.03. The molecule has 0 aromatic carbocycles. The van der Waals surface area contributed by atoms with E-state index in [2.05, 4.69) is 20.8 Å². The van der Waals surface area contributed by atoms with Crippen LogP contribution in [0.4, 0.5) is 0 Å². The Bertz CT molecular complexity index is 222. The molecule has 1 aliphatic heterocycles. The van der Waals surface area contributed by atoms with Crippen LogP contribution in [0.3, 0.4) is 0 Å². The van der Waals surface area contributed by atoms with Gasteiger partial charge >= 0.3 is 7.32 Å². The summed E-state index contributed by atoms with van der Waals surface area (Å²) in [6, 6.07) is 0. The fourth-order valence-corrected chi connectivity index (χ4v) is 1.75. The van der Waals surface area contributed by atoms with Crippen molar-refractivity contribution in [2.75, 3.05) is 0 Å². The van der Waals surface area contributed by atoms with Crippen LogP contribution < -0.4 is 0 Å². The van der Waals surface area contributed by atoms with E-state index in [-0.39, 0.29) is 17.3 Å². The van der Waals surface area contributed by atoms with Crippen molar-refractivity contribution in [1.82, 2.24) is 0 Å². The molecule has 0 aromatic heterocycles. The van der Waals surface area contributed by atoms with Crippen molar-refractivity contribution in [3.63, 3.8) is 0 Å². The van der Waals surface area contributed by atoms with Gasteiger partial charge in [-0.05, 0) is 47.0 Å². The smallest absolute Gasteiger partial charge is 0.383 e. The summed E-state index contributed by atoms with van der Waals surface area (Å²) in [7, 11) is -0.529. The van der Waals surface area contributed by atoms with Gasteiger partial charge in [-0.25, -0.2) is 0 Å². The maximum absolute atomic E-state index is 5.77. The molecule has 1 atom stereocenters. The molecule has 0 radical (unpaired) electrons. The van der Waals surface area contributed by atoms with E-state index in [4.69, 9.17) is 14.0 Å². The van der Waals surface area contributed by atoms with Crippen molar-refractivity contribution in [2.45, 2.75) is 72.2 Å². The second kappa shape index (κ2) is 4.67. The van der Waals surface area contributed by atoms with Crippen molar-refractivity contribution in [2.24, 2.45) is 5.92 Å². The minimum Gasteiger partial charge on any atom is -0.383 e. The van der Waals surface area contributed by atoms with Gasteiger partial charge in [-0.2, -0.15) is 0 Å². The molecule has 1 saturated heterocycles. The molecular formula is C12H25BO3. The Morgan fingerprint density at radius 3 is 1.81 bits per heavy atom. The molecule has 1 fully saturated rings. The number of rotatable bonds is 4. The van der Waals surface area contributed by atoms with Gasteiger partial charge < -0.3 is 14.0 Å². The third-order valence-corrected chi connectivity index (χ3v) is 3.38. The van der Waals surface area contributed by atoms with Crippen LogP contribution >= 0.6 is 0 Å². The lowest BCUT2D eigenvalue weighted by atomic mass is 9.90. The van der Waals surface area contributed by atoms with Crippen LogP contribution in [-0.2, 0) is 14.0 Å². The fourth-order valence-electron chi connectivity index (χ4n) is 1.75. The molecule has 0 N–H and O–H groups in total. The minimum absolute atomic E-state index is 0.162. The molecule has 1 aliphatic rings. The van der Waals surface area contributed by atoms with Gasteiger partial charge in [0.25, 0.3) is 0 Å². The molecule has 1 heterocycles. The second-order valence-electron chi connectivity index (χ2n) is 6.12. The lowest BCUT2D eigenvalue weighted by Crippen LogP contribution is -2.41. The first-order chi connectivity index (χ1) is 7.14. The summed E-state index contributed by atoms with van der Waals surface area (Å²) in [5.41, 5.74) is -0.621. The van der Waals surface area contributed by atoms with E-state index >= 15 is 0 Å². The van der Waals surface area contributed by atoms with Crippen LogP contribution in [0.2, 0.25) is 0 Å². The SMILES string of the molecule is CC(C)CC(C)OB1OC(C)(C)C(C)(C)O1. The molecule has 1 rings (SSSR count). The van der Waals surface area contributed by atoms with Crippen LogP contribution in [0, 0.1) is 5.92 Å². The first-order valence-electron chi connectivity index (χ1n) is 6.15. The van der Waals surface area contributed by atoms with Crippen LogP contribution in [0.25, 0.3) is 0 Å². The topological polar surface area (TPSA) is 27.7 Å². The van der Waals surface area contributed by atoms with Crippen LogP contribution in [0.5, 0.6) is 0 Å². The maximum Gasteiger partial charge on any atom is 0.640 e. The zero-order valence-electron chi connectivity index (χ0n) is 11.7. The van der Waals surface area contributed by atoms with Crippen LogP contribution in [0.1, 0.15) is 54.9 Å². The molecule has 16 heavy (non-hydrogen) atoms. The highest BCUT2D eigenvalue weighted by Crippen LogP contribution is 2.37. The Morgan fingerprint density at radius 1 is 1.00 bits per heavy atom. The molecule has 0 aromatic rings. The van der Waals surface area contributed by atoms with Gasteiger partial charge in [-0.3, -0.25) is 0 Å². The third-order valence-electron chi connectivity index (χ3n) is 3.38. The largest absolute Gasteiger partial charge is 0.640 e. The maximum atomic E-state index is 5.77. The Hall–Kier alpha value is -0.0551. The van der Waals surface area contributed by atoms with Crippen molar-refractivity contribution >= 4 is 7.32 Å². The highest BCUT2D eigenvalue weighted by molar-refractivity contribution is 6.37. The Labute approximate surface area is 100 Å². The summed E-state index contributed by atoms with van der Waals surface area (Å²) < 4.78 is 17.3. The summed E-state index contributed by atoms with van der Waals surface area (Å²) >= 11 is 0. The highest BCUT2D eigenvalue weighted by atomic mass is 16.8. The van der Waals surface area contributed by atoms with E-state index in [9.17, 15) is 0 Å². The van der Waals surface area contributed by atoms with Crippen LogP contribution in [-0.4, -0.2) is 24.6 Å². The summed E-state index contributed by atoms with van der Waals surface area (Å²) in [6.07, 6.45) is 1.18. The van der Waals surface area contributed by atoms with Crippen molar-refractivity contribution in [3.05, 3.63) is 0 Å². The molecule has 0 spiro atoms. The molecule has 0 aliphatic carbocycles. The van der Waals surface area contributed by atoms with Crippen molar-refractivity contribution in [1.29, 1.82) is 0 Å². The summed E-state index contributed by atoms with van der Waals surface area (Å²) in [5, 5.41) is 0. The highest BCUT2D eigenvalue weighted by Gasteiger charge is 2.53. The summed E-state index contributed by atoms with van der Waals surface area (Å²) in [6.45, 7) is 14.6. The first-order valence-corrected chi connectivity index (χ1v) is 6.15. The van der Waals surface area contributed by atoms with E-state index in [1.807, 2.05) is 27.7 Å². The van der Waals surface area contributed by atoms with Gasteiger partial charge in [-0.15, -0.1) is 0 Å². The average molecular weight is 228 g/mol. The summed E-state index contributed by atoms with van der Waals surface area (Å²) in [5.74, 6) is 0.623. The molecule has 3 nitrogen and oxygen atoms in total. The first kappa shape index (κ1) is 14.0. The van der Waals surface area contributed by atoms with Gasteiger partial charge in [0.2, 0.25) is 0 Å². The molecule has 0 amide bonds. The quantitative estimate of drug-likeness (QED) is 0.692. The molecule has 0 saturated carbocycles. The molecule has 4 heteroatoms. The van der Waals surface area contributed by atoms with Crippen molar-refractivity contribution in [3.8, 4) is 0 Å². The van der Waals surface area contributed by atoms with E-state index in [1.54, 1.807) is 0 Å². The normalized spacial score (nSPS) is 25.1. The molecule has 1 unspecified atom stereocenters. The average Bonchev–Trinajstić information content (AvgIpc) is 2.16. The zero-order valence-corrected chi connectivity index (χ0v) is 11.7. The van der Waals surface area contributed by atoms with Gasteiger partial charge in [0.1, 0.15) is 0 Å². The van der Waals surface area contributed by atoms with Gasteiger partial charge in [0.15, 0.2) is 0 Å². The molecule has 94 valence electrons. The van der Waals surface area contributed by atoms with Crippen molar-refractivity contribution < 1.29 is 14.0 Å². The monoisotopic (exact) mass is 228 g/mol.